The van der Waals surface area contributed by atoms with Crippen molar-refractivity contribution in [2.45, 2.75) is 25.7 Å². The molecule has 1 fully saturated rings. The van der Waals surface area contributed by atoms with Crippen molar-refractivity contribution in [2.75, 3.05) is 5.73 Å². The van der Waals surface area contributed by atoms with Gasteiger partial charge >= 0.3 is 0 Å². The first-order chi connectivity index (χ1) is 10.0. The second-order valence-electron chi connectivity index (χ2n) is 5.16. The van der Waals surface area contributed by atoms with Crippen LogP contribution in [0.25, 0.3) is 0 Å². The third-order valence-corrected chi connectivity index (χ3v) is 3.45. The molecular formula is C15H16N4O2. The molecule has 6 nitrogen and oxygen atoms in total. The maximum atomic E-state index is 11.0. The molecule has 1 heterocycles. The van der Waals surface area contributed by atoms with Gasteiger partial charge in [-0.05, 0) is 44.0 Å². The van der Waals surface area contributed by atoms with E-state index in [0.29, 0.717) is 34.5 Å². The zero-order valence-corrected chi connectivity index (χ0v) is 11.7. The van der Waals surface area contributed by atoms with Crippen molar-refractivity contribution in [3.05, 3.63) is 41.2 Å². The molecule has 0 atom stereocenters. The minimum atomic E-state index is -0.472. The average molecular weight is 284 g/mol. The molecule has 0 spiro atoms. The summed E-state index contributed by atoms with van der Waals surface area (Å²) >= 11 is 0. The number of nitrogens with zero attached hydrogens (tertiary/aromatic N) is 2. The number of ether oxygens (including phenoxy) is 1. The SMILES string of the molecule is Cc1c(N)nc(C2CC2)nc1Oc1ccc(C(N)=O)cc1. The van der Waals surface area contributed by atoms with Crippen LogP contribution in [0.5, 0.6) is 11.6 Å². The minimum Gasteiger partial charge on any atom is -0.439 e. The predicted molar refractivity (Wildman–Crippen MR) is 78.2 cm³/mol. The number of aromatic nitrogens is 2. The summed E-state index contributed by atoms with van der Waals surface area (Å²) in [5, 5.41) is 0. The van der Waals surface area contributed by atoms with E-state index < -0.39 is 5.91 Å². The Kier molecular flexibility index (Phi) is 3.21. The van der Waals surface area contributed by atoms with Crippen LogP contribution in [0.2, 0.25) is 0 Å². The van der Waals surface area contributed by atoms with Crippen LogP contribution in [0.3, 0.4) is 0 Å². The minimum absolute atomic E-state index is 0.396. The predicted octanol–water partition coefficient (Wildman–Crippen LogP) is 2.14. The molecule has 1 aliphatic rings. The van der Waals surface area contributed by atoms with Gasteiger partial charge in [-0.1, -0.05) is 0 Å². The van der Waals surface area contributed by atoms with Crippen molar-refractivity contribution in [3.63, 3.8) is 0 Å². The Bertz CT molecular complexity index is 694. The zero-order chi connectivity index (χ0) is 15.0. The molecule has 0 saturated heterocycles. The molecule has 108 valence electrons. The molecule has 21 heavy (non-hydrogen) atoms. The van der Waals surface area contributed by atoms with Gasteiger partial charge in [0, 0.05) is 11.5 Å². The van der Waals surface area contributed by atoms with Gasteiger partial charge in [-0.3, -0.25) is 4.79 Å². The fourth-order valence-corrected chi connectivity index (χ4v) is 1.95. The Balaban J connectivity index is 1.88. The summed E-state index contributed by atoms with van der Waals surface area (Å²) < 4.78 is 5.76. The Morgan fingerprint density at radius 2 is 1.90 bits per heavy atom. The van der Waals surface area contributed by atoms with Gasteiger partial charge < -0.3 is 16.2 Å². The Morgan fingerprint density at radius 1 is 1.24 bits per heavy atom. The van der Waals surface area contributed by atoms with Crippen LogP contribution in [-0.2, 0) is 0 Å². The highest BCUT2D eigenvalue weighted by Gasteiger charge is 2.28. The van der Waals surface area contributed by atoms with Gasteiger partial charge in [-0.25, -0.2) is 4.98 Å². The lowest BCUT2D eigenvalue weighted by Crippen LogP contribution is -2.10. The number of hydrogen-bond acceptors (Lipinski definition) is 5. The van der Waals surface area contributed by atoms with E-state index in [2.05, 4.69) is 9.97 Å². The van der Waals surface area contributed by atoms with Gasteiger partial charge in [-0.15, -0.1) is 0 Å². The van der Waals surface area contributed by atoms with Crippen molar-refractivity contribution < 1.29 is 9.53 Å². The van der Waals surface area contributed by atoms with Crippen LogP contribution in [0, 0.1) is 6.92 Å². The standard InChI is InChI=1S/C15H16N4O2/c1-8-12(16)18-14(10-2-3-10)19-15(8)21-11-6-4-9(5-7-11)13(17)20/h4-7,10H,2-3H2,1H3,(H2,17,20)(H2,16,18,19). The zero-order valence-electron chi connectivity index (χ0n) is 11.7. The molecule has 0 aliphatic heterocycles. The van der Waals surface area contributed by atoms with E-state index in [-0.39, 0.29) is 0 Å². The second kappa shape index (κ2) is 5.05. The number of anilines is 1. The van der Waals surface area contributed by atoms with E-state index in [0.717, 1.165) is 18.7 Å². The Hall–Kier alpha value is -2.63. The molecule has 3 rings (SSSR count). The lowest BCUT2D eigenvalue weighted by molar-refractivity contribution is 0.100. The molecule has 2 aromatic rings. The largest absolute Gasteiger partial charge is 0.439 e. The first-order valence-electron chi connectivity index (χ1n) is 6.76. The quantitative estimate of drug-likeness (QED) is 0.895. The van der Waals surface area contributed by atoms with Crippen LogP contribution in [0.15, 0.2) is 24.3 Å². The number of benzene rings is 1. The van der Waals surface area contributed by atoms with Crippen molar-refractivity contribution in [2.24, 2.45) is 5.73 Å². The number of hydrogen-bond donors (Lipinski definition) is 2. The van der Waals surface area contributed by atoms with Gasteiger partial charge in [0.05, 0.1) is 5.56 Å². The summed E-state index contributed by atoms with van der Waals surface area (Å²) in [5.41, 5.74) is 12.3. The fraction of sp³-hybridized carbons (Fsp3) is 0.267. The summed E-state index contributed by atoms with van der Waals surface area (Å²) in [4.78, 5) is 19.8. The van der Waals surface area contributed by atoms with Crippen LogP contribution < -0.4 is 16.2 Å². The number of carbonyl (C=O) groups excluding carboxylic acids is 1. The van der Waals surface area contributed by atoms with Gasteiger partial charge in [0.15, 0.2) is 0 Å². The lowest BCUT2D eigenvalue weighted by Gasteiger charge is -2.11. The summed E-state index contributed by atoms with van der Waals surface area (Å²) in [6.45, 7) is 1.82. The van der Waals surface area contributed by atoms with Crippen molar-refractivity contribution in [1.29, 1.82) is 0 Å². The highest BCUT2D eigenvalue weighted by Crippen LogP contribution is 2.40. The lowest BCUT2D eigenvalue weighted by atomic mass is 10.2. The van der Waals surface area contributed by atoms with Gasteiger partial charge in [0.2, 0.25) is 11.8 Å². The first-order valence-corrected chi connectivity index (χ1v) is 6.76. The normalized spacial score (nSPS) is 14.0. The Labute approximate surface area is 122 Å². The number of primary amides is 1. The van der Waals surface area contributed by atoms with Crippen LogP contribution >= 0.6 is 0 Å². The van der Waals surface area contributed by atoms with Crippen LogP contribution in [0.1, 0.15) is 40.5 Å². The molecule has 1 amide bonds. The van der Waals surface area contributed by atoms with Gasteiger partial charge in [0.1, 0.15) is 17.4 Å². The molecular weight excluding hydrogens is 268 g/mol. The third-order valence-electron chi connectivity index (χ3n) is 3.45. The number of nitrogen functional groups attached to an aromatic ring is 1. The second-order valence-corrected chi connectivity index (χ2v) is 5.16. The molecule has 0 bridgehead atoms. The Morgan fingerprint density at radius 3 is 2.48 bits per heavy atom. The van der Waals surface area contributed by atoms with Crippen molar-refractivity contribution in [3.8, 4) is 11.6 Å². The van der Waals surface area contributed by atoms with E-state index in [9.17, 15) is 4.79 Å². The van der Waals surface area contributed by atoms with Crippen molar-refractivity contribution in [1.82, 2.24) is 9.97 Å². The number of amides is 1. The van der Waals surface area contributed by atoms with E-state index in [1.54, 1.807) is 24.3 Å². The first kappa shape index (κ1) is 13.4. The van der Waals surface area contributed by atoms with Gasteiger partial charge in [-0.2, -0.15) is 4.98 Å². The molecule has 1 saturated carbocycles. The van der Waals surface area contributed by atoms with E-state index in [1.165, 1.54) is 0 Å². The number of rotatable bonds is 4. The summed E-state index contributed by atoms with van der Waals surface area (Å²) in [6, 6.07) is 6.57. The van der Waals surface area contributed by atoms with E-state index >= 15 is 0 Å². The summed E-state index contributed by atoms with van der Waals surface area (Å²) in [7, 11) is 0. The molecule has 0 unspecified atom stereocenters. The van der Waals surface area contributed by atoms with Crippen LogP contribution in [-0.4, -0.2) is 15.9 Å². The average Bonchev–Trinajstić information content (AvgIpc) is 3.29. The van der Waals surface area contributed by atoms with E-state index in [4.69, 9.17) is 16.2 Å². The monoisotopic (exact) mass is 284 g/mol. The van der Waals surface area contributed by atoms with E-state index in [1.807, 2.05) is 6.92 Å². The third kappa shape index (κ3) is 2.79. The topological polar surface area (TPSA) is 104 Å². The summed E-state index contributed by atoms with van der Waals surface area (Å²) in [6.07, 6.45) is 2.19. The van der Waals surface area contributed by atoms with Crippen molar-refractivity contribution >= 4 is 11.7 Å². The molecule has 1 aromatic carbocycles. The molecule has 0 radical (unpaired) electrons. The molecule has 6 heteroatoms. The molecule has 1 aromatic heterocycles. The highest BCUT2D eigenvalue weighted by atomic mass is 16.5. The maximum absolute atomic E-state index is 11.0. The summed E-state index contributed by atoms with van der Waals surface area (Å²) in [5.74, 6) is 2.13. The smallest absolute Gasteiger partial charge is 0.248 e. The van der Waals surface area contributed by atoms with Gasteiger partial charge in [0.25, 0.3) is 0 Å². The number of nitrogens with two attached hydrogens (primary N) is 2. The maximum Gasteiger partial charge on any atom is 0.248 e. The molecule has 1 aliphatic carbocycles. The fourth-order valence-electron chi connectivity index (χ4n) is 1.95. The highest BCUT2D eigenvalue weighted by molar-refractivity contribution is 5.92. The van der Waals surface area contributed by atoms with Crippen LogP contribution in [0.4, 0.5) is 5.82 Å². The number of carbonyl (C=O) groups is 1. The molecule has 4 N–H and O–H groups in total.